The highest BCUT2D eigenvalue weighted by molar-refractivity contribution is 6.07. The van der Waals surface area contributed by atoms with Gasteiger partial charge in [0.05, 0.1) is 24.0 Å². The Balaban J connectivity index is 0.00000387. The van der Waals surface area contributed by atoms with E-state index in [1.165, 1.54) is 31.6 Å². The van der Waals surface area contributed by atoms with E-state index in [-0.39, 0.29) is 13.9 Å². The number of nitrogens with one attached hydrogen (secondary N) is 2. The molecule has 1 aromatic heterocycles. The highest BCUT2D eigenvalue weighted by Crippen LogP contribution is 2.43. The van der Waals surface area contributed by atoms with Gasteiger partial charge in [0.15, 0.2) is 0 Å². The third kappa shape index (κ3) is 5.31. The Morgan fingerprint density at radius 3 is 2.50 bits per heavy atom. The van der Waals surface area contributed by atoms with Crippen molar-refractivity contribution in [2.24, 2.45) is 0 Å². The zero-order valence-corrected chi connectivity index (χ0v) is 22.5. The molecule has 9 heteroatoms. The number of nitrogens with zero attached hydrogens (tertiary/aromatic N) is 1. The molecule has 2 N–H and O–H groups in total. The molecule has 1 aliphatic rings. The van der Waals surface area contributed by atoms with Crippen LogP contribution < -0.4 is 24.8 Å². The van der Waals surface area contributed by atoms with Crippen molar-refractivity contribution in [3.63, 3.8) is 0 Å². The quantitative estimate of drug-likeness (QED) is 0.206. The Bertz CT molecular complexity index is 1610. The average molecular weight is 544 g/mol. The highest BCUT2D eigenvalue weighted by atomic mass is 19.1. The van der Waals surface area contributed by atoms with Crippen LogP contribution >= 0.6 is 0 Å². The number of hydrogen-bond acceptors (Lipinski definition) is 7. The smallest absolute Gasteiger partial charge is 0.343 e. The molecular weight excluding hydrogens is 513 g/mol. The molecule has 3 aromatic carbocycles. The second kappa shape index (κ2) is 10.7. The molecule has 8 nitrogen and oxygen atoms in total. The normalized spacial score (nSPS) is 13.5. The van der Waals surface area contributed by atoms with Crippen LogP contribution in [0.15, 0.2) is 73.1 Å². The lowest BCUT2D eigenvalue weighted by Gasteiger charge is -2.34. The number of pyridine rings is 1. The minimum Gasteiger partial charge on any atom is -0.496 e. The molecule has 0 fully saturated rings. The maximum Gasteiger partial charge on any atom is 0.343 e. The average Bonchev–Trinajstić information content (AvgIpc) is 2.94. The van der Waals surface area contributed by atoms with Gasteiger partial charge in [-0.3, -0.25) is 9.78 Å². The van der Waals surface area contributed by atoms with Gasteiger partial charge in [0.25, 0.3) is 0 Å². The molecule has 0 spiro atoms. The van der Waals surface area contributed by atoms with Crippen molar-refractivity contribution in [1.82, 2.24) is 4.98 Å². The highest BCUT2D eigenvalue weighted by Gasteiger charge is 2.35. The van der Waals surface area contributed by atoms with Crippen molar-refractivity contribution in [2.75, 3.05) is 17.7 Å². The van der Waals surface area contributed by atoms with Gasteiger partial charge in [-0.05, 0) is 68.3 Å². The number of anilines is 2. The number of aryl methyl sites for hydroxylation is 1. The van der Waals surface area contributed by atoms with E-state index in [0.717, 1.165) is 16.8 Å². The molecule has 1 amide bonds. The van der Waals surface area contributed by atoms with Crippen molar-refractivity contribution in [1.29, 1.82) is 0 Å². The molecule has 1 aliphatic heterocycles. The van der Waals surface area contributed by atoms with E-state index in [4.69, 9.17) is 14.2 Å². The third-order valence-electron chi connectivity index (χ3n) is 6.68. The summed E-state index contributed by atoms with van der Waals surface area (Å²) in [6.07, 6.45) is 3.03. The van der Waals surface area contributed by atoms with E-state index >= 15 is 0 Å². The molecule has 40 heavy (non-hydrogen) atoms. The van der Waals surface area contributed by atoms with Gasteiger partial charge in [-0.1, -0.05) is 12.1 Å². The SMILES string of the molecule is COc1cc(OC(=O)c2ccncc2)ccc1-c1ccc2c(c1COc1cc(F)ccc1C)NC(=O)C(C)(C)N2.[HH]. The minimum absolute atomic E-state index is 0. The van der Waals surface area contributed by atoms with Crippen molar-refractivity contribution in [3.05, 3.63) is 95.6 Å². The maximum absolute atomic E-state index is 14.0. The van der Waals surface area contributed by atoms with Crippen LogP contribution in [0.3, 0.4) is 0 Å². The Labute approximate surface area is 232 Å². The molecule has 0 unspecified atom stereocenters. The predicted octanol–water partition coefficient (Wildman–Crippen LogP) is 6.39. The zero-order chi connectivity index (χ0) is 28.4. The summed E-state index contributed by atoms with van der Waals surface area (Å²) >= 11 is 0. The molecule has 0 saturated heterocycles. The summed E-state index contributed by atoms with van der Waals surface area (Å²) in [5.74, 6) is -0.00741. The molecular formula is C31H30FN3O5. The first-order valence-electron chi connectivity index (χ1n) is 12.6. The molecule has 5 rings (SSSR count). The van der Waals surface area contributed by atoms with E-state index in [1.54, 1.807) is 50.2 Å². The first-order valence-corrected chi connectivity index (χ1v) is 12.6. The van der Waals surface area contributed by atoms with E-state index in [9.17, 15) is 14.0 Å². The second-order valence-electron chi connectivity index (χ2n) is 9.90. The first kappa shape index (κ1) is 26.7. The lowest BCUT2D eigenvalue weighted by molar-refractivity contribution is -0.119. The molecule has 0 atom stereocenters. The largest absolute Gasteiger partial charge is 0.496 e. The number of methoxy groups -OCH3 is 1. The maximum atomic E-state index is 14.0. The second-order valence-corrected chi connectivity index (χ2v) is 9.90. The van der Waals surface area contributed by atoms with E-state index < -0.39 is 17.3 Å². The Kier molecular flexibility index (Phi) is 7.13. The van der Waals surface area contributed by atoms with Crippen LogP contribution in [-0.2, 0) is 11.4 Å². The number of fused-ring (bicyclic) bond motifs is 1. The van der Waals surface area contributed by atoms with Gasteiger partial charge in [0.2, 0.25) is 5.91 Å². The Morgan fingerprint density at radius 2 is 1.75 bits per heavy atom. The Hall–Kier alpha value is -4.92. The van der Waals surface area contributed by atoms with Gasteiger partial charge in [-0.15, -0.1) is 0 Å². The standard InChI is InChI=1S/C31H28FN3O5.H2/c1-18-5-6-20(32)15-26(18)39-17-24-22(9-10-25-28(24)34-30(37)31(2,3)35-25)23-8-7-21(16-27(23)38-4)40-29(36)19-11-13-33-14-12-19;/h5-16,35H,17H2,1-4H3,(H,34,37);1H. The number of carbonyl (C=O) groups is 2. The van der Waals surface area contributed by atoms with Crippen molar-refractivity contribution < 1.29 is 29.6 Å². The molecule has 0 bridgehead atoms. The predicted molar refractivity (Wildman–Crippen MR) is 152 cm³/mol. The van der Waals surface area contributed by atoms with Gasteiger partial charge in [0, 0.05) is 37.1 Å². The summed E-state index contributed by atoms with van der Waals surface area (Å²) in [5, 5.41) is 6.29. The number of aromatic nitrogens is 1. The van der Waals surface area contributed by atoms with Gasteiger partial charge >= 0.3 is 5.97 Å². The van der Waals surface area contributed by atoms with Crippen LogP contribution in [0.2, 0.25) is 0 Å². The van der Waals surface area contributed by atoms with Crippen molar-refractivity contribution >= 4 is 23.3 Å². The summed E-state index contributed by atoms with van der Waals surface area (Å²) in [7, 11) is 1.52. The number of halogens is 1. The van der Waals surface area contributed by atoms with Gasteiger partial charge in [-0.2, -0.15) is 0 Å². The number of rotatable bonds is 7. The summed E-state index contributed by atoms with van der Waals surface area (Å²) in [4.78, 5) is 29.4. The summed E-state index contributed by atoms with van der Waals surface area (Å²) < 4.78 is 31.3. The minimum atomic E-state index is -0.816. The van der Waals surface area contributed by atoms with E-state index in [0.29, 0.717) is 39.6 Å². The molecule has 0 aliphatic carbocycles. The van der Waals surface area contributed by atoms with E-state index in [2.05, 4.69) is 15.6 Å². The lowest BCUT2D eigenvalue weighted by atomic mass is 9.92. The van der Waals surface area contributed by atoms with Crippen LogP contribution in [-0.4, -0.2) is 29.5 Å². The van der Waals surface area contributed by atoms with Crippen LogP contribution in [0.1, 0.15) is 36.8 Å². The number of carbonyl (C=O) groups excluding carboxylic acids is 2. The summed E-state index contributed by atoms with van der Waals surface area (Å²) in [5.41, 5.74) is 3.68. The fourth-order valence-corrected chi connectivity index (χ4v) is 4.45. The van der Waals surface area contributed by atoms with Gasteiger partial charge in [0.1, 0.15) is 35.2 Å². The monoisotopic (exact) mass is 543 g/mol. The first-order chi connectivity index (χ1) is 19.2. The van der Waals surface area contributed by atoms with E-state index in [1.807, 2.05) is 19.1 Å². The molecule has 2 heterocycles. The van der Waals surface area contributed by atoms with Crippen LogP contribution in [0.4, 0.5) is 15.8 Å². The summed E-state index contributed by atoms with van der Waals surface area (Å²) in [6.45, 7) is 5.45. The van der Waals surface area contributed by atoms with Crippen LogP contribution in [0, 0.1) is 12.7 Å². The molecule has 206 valence electrons. The number of benzene rings is 3. The molecule has 4 aromatic rings. The van der Waals surface area contributed by atoms with Crippen LogP contribution in [0.25, 0.3) is 11.1 Å². The molecule has 0 radical (unpaired) electrons. The lowest BCUT2D eigenvalue weighted by Crippen LogP contribution is -2.47. The number of ether oxygens (including phenoxy) is 3. The van der Waals surface area contributed by atoms with Crippen LogP contribution in [0.5, 0.6) is 17.2 Å². The number of esters is 1. The fraction of sp³-hybridized carbons (Fsp3) is 0.194. The number of amides is 1. The van der Waals surface area contributed by atoms with Crippen molar-refractivity contribution in [3.8, 4) is 28.4 Å². The Morgan fingerprint density at radius 1 is 1.00 bits per heavy atom. The topological polar surface area (TPSA) is 98.8 Å². The molecule has 0 saturated carbocycles. The number of hydrogen-bond donors (Lipinski definition) is 2. The third-order valence-corrected chi connectivity index (χ3v) is 6.68. The fourth-order valence-electron chi connectivity index (χ4n) is 4.45. The zero-order valence-electron chi connectivity index (χ0n) is 22.5. The van der Waals surface area contributed by atoms with Gasteiger partial charge in [-0.25, -0.2) is 9.18 Å². The summed E-state index contributed by atoms with van der Waals surface area (Å²) in [6, 6.07) is 16.3. The van der Waals surface area contributed by atoms with Crippen molar-refractivity contribution in [2.45, 2.75) is 32.9 Å². The van der Waals surface area contributed by atoms with Gasteiger partial charge < -0.3 is 24.8 Å².